The first-order chi connectivity index (χ1) is 7.92. The van der Waals surface area contributed by atoms with Crippen LogP contribution < -0.4 is 0 Å². The van der Waals surface area contributed by atoms with E-state index in [0.717, 1.165) is 12.4 Å². The number of aromatic nitrogens is 2. The van der Waals surface area contributed by atoms with Crippen LogP contribution in [0.2, 0.25) is 0 Å². The van der Waals surface area contributed by atoms with Crippen LogP contribution in [0, 0.1) is 0 Å². The third-order valence-electron chi connectivity index (χ3n) is 1.49. The van der Waals surface area contributed by atoms with Gasteiger partial charge in [-0.25, -0.2) is 4.79 Å². The monoisotopic (exact) mass is 252 g/mol. The van der Waals surface area contributed by atoms with Gasteiger partial charge in [0.05, 0.1) is 18.4 Å². The fraction of sp³-hybridized carbons (Fsp3) is 0.600. The van der Waals surface area contributed by atoms with Crippen molar-refractivity contribution in [2.24, 2.45) is 0 Å². The van der Waals surface area contributed by atoms with Crippen LogP contribution in [-0.2, 0) is 11.3 Å². The average Bonchev–Trinajstić information content (AvgIpc) is 2.67. The lowest BCUT2D eigenvalue weighted by Crippen LogP contribution is -2.17. The Bertz CT molecular complexity index is 348. The van der Waals surface area contributed by atoms with Crippen molar-refractivity contribution in [3.63, 3.8) is 0 Å². The molecule has 0 radical (unpaired) electrons. The van der Waals surface area contributed by atoms with Gasteiger partial charge in [0.1, 0.15) is 6.54 Å². The topological polar surface area (TPSA) is 44.1 Å². The molecule has 0 aliphatic carbocycles. The predicted octanol–water partition coefficient (Wildman–Crippen LogP) is 2.65. The number of carbonyl (C=O) groups excluding carboxylic acids is 1. The van der Waals surface area contributed by atoms with Gasteiger partial charge < -0.3 is 4.74 Å². The minimum absolute atomic E-state index is 0.0149. The van der Waals surface area contributed by atoms with Crippen LogP contribution in [0.1, 0.15) is 31.1 Å². The smallest absolute Gasteiger partial charge is 0.408 e. The molecule has 7 heteroatoms. The molecule has 1 rings (SSSR count). The number of ether oxygens (including phenoxy) is 1. The summed E-state index contributed by atoms with van der Waals surface area (Å²) in [6.45, 7) is 4.56. The molecule has 0 aliphatic rings. The van der Waals surface area contributed by atoms with E-state index in [2.05, 4.69) is 9.84 Å². The van der Waals surface area contributed by atoms with Crippen molar-refractivity contribution in [3.8, 4) is 0 Å². The van der Waals surface area contributed by atoms with E-state index in [-0.39, 0.29) is 12.2 Å². The van der Waals surface area contributed by atoms with Gasteiger partial charge in [-0.3, -0.25) is 4.68 Å². The van der Waals surface area contributed by atoms with Gasteiger partial charge in [-0.1, -0.05) is 13.8 Å². The highest BCUT2D eigenvalue weighted by atomic mass is 19.4. The molecule has 1 aromatic rings. The van der Waals surface area contributed by atoms with Crippen LogP contribution >= 0.6 is 0 Å². The summed E-state index contributed by atoms with van der Waals surface area (Å²) in [5, 5.41) is 3.40. The lowest BCUT2D eigenvalue weighted by molar-refractivity contribution is -0.142. The third kappa shape index (κ3) is 5.94. The van der Waals surface area contributed by atoms with Crippen LogP contribution in [0.4, 0.5) is 13.2 Å². The lowest BCUT2D eigenvalue weighted by Gasteiger charge is -2.04. The van der Waals surface area contributed by atoms with E-state index in [0.29, 0.717) is 4.68 Å². The number of rotatable bonds is 3. The third-order valence-corrected chi connectivity index (χ3v) is 1.49. The molecule has 0 bridgehead atoms. The summed E-state index contributed by atoms with van der Waals surface area (Å²) in [4.78, 5) is 11.1. The minimum atomic E-state index is -4.35. The highest BCUT2D eigenvalue weighted by molar-refractivity contribution is 5.88. The molecule has 1 aromatic heterocycles. The van der Waals surface area contributed by atoms with E-state index < -0.39 is 18.7 Å². The highest BCUT2D eigenvalue weighted by Crippen LogP contribution is 2.17. The van der Waals surface area contributed by atoms with Crippen molar-refractivity contribution < 1.29 is 22.7 Å². The van der Waals surface area contributed by atoms with Crippen LogP contribution in [0.25, 0.3) is 0 Å². The zero-order valence-corrected chi connectivity index (χ0v) is 9.91. The van der Waals surface area contributed by atoms with Crippen LogP contribution in [0.15, 0.2) is 12.4 Å². The van der Waals surface area contributed by atoms with Crippen molar-refractivity contribution in [3.05, 3.63) is 18.0 Å². The summed E-state index contributed by atoms with van der Waals surface area (Å²) < 4.78 is 41.0. The van der Waals surface area contributed by atoms with E-state index in [1.807, 2.05) is 13.8 Å². The van der Waals surface area contributed by atoms with Gasteiger partial charge in [-0.05, 0) is 6.92 Å². The van der Waals surface area contributed by atoms with Crippen molar-refractivity contribution in [1.82, 2.24) is 9.78 Å². The van der Waals surface area contributed by atoms with Gasteiger partial charge in [0, 0.05) is 6.20 Å². The molecule has 0 amide bonds. The summed E-state index contributed by atoms with van der Waals surface area (Å²) in [6.07, 6.45) is -2.30. The number of alkyl halides is 3. The summed E-state index contributed by atoms with van der Waals surface area (Å²) in [5.74, 6) is -0.675. The molecular formula is C10H15F3N2O2. The molecule has 0 atom stereocenters. The molecule has 0 aromatic carbocycles. The summed E-state index contributed by atoms with van der Waals surface area (Å²) in [7, 11) is 0. The van der Waals surface area contributed by atoms with E-state index >= 15 is 0 Å². The second kappa shape index (κ2) is 6.93. The Kier molecular flexibility index (Phi) is 6.30. The second-order valence-electron chi connectivity index (χ2n) is 2.76. The Hall–Kier alpha value is -1.53. The Morgan fingerprint density at radius 3 is 2.53 bits per heavy atom. The second-order valence-corrected chi connectivity index (χ2v) is 2.76. The van der Waals surface area contributed by atoms with Gasteiger partial charge in [0.15, 0.2) is 0 Å². The first-order valence-electron chi connectivity index (χ1n) is 5.18. The fourth-order valence-electron chi connectivity index (χ4n) is 0.954. The number of nitrogens with zero attached hydrogens (tertiary/aromatic N) is 2. The maximum absolute atomic E-state index is 11.9. The van der Waals surface area contributed by atoms with Crippen molar-refractivity contribution in [2.45, 2.75) is 33.5 Å². The van der Waals surface area contributed by atoms with Gasteiger partial charge in [0.2, 0.25) is 0 Å². The maximum atomic E-state index is 11.9. The quantitative estimate of drug-likeness (QED) is 0.777. The Morgan fingerprint density at radius 2 is 2.06 bits per heavy atom. The normalized spacial score (nSPS) is 10.5. The van der Waals surface area contributed by atoms with E-state index in [1.54, 1.807) is 6.92 Å². The predicted molar refractivity (Wildman–Crippen MR) is 55.6 cm³/mol. The molecule has 0 N–H and O–H groups in total. The number of esters is 1. The van der Waals surface area contributed by atoms with Crippen LogP contribution in [0.3, 0.4) is 0 Å². The molecule has 0 unspecified atom stereocenters. The standard InChI is InChI=1S/C8H9F3N2O2.C2H6/c1-2-15-7(14)6-3-12-13(4-6)5-8(9,10)11;1-2/h3-4H,2,5H2,1H3;1-2H3. The number of hydrogen-bond acceptors (Lipinski definition) is 3. The number of carbonyl (C=O) groups is 1. The number of halogens is 3. The van der Waals surface area contributed by atoms with Crippen LogP contribution in [0.5, 0.6) is 0 Å². The largest absolute Gasteiger partial charge is 0.462 e. The molecule has 4 nitrogen and oxygen atoms in total. The van der Waals surface area contributed by atoms with Gasteiger partial charge in [-0.15, -0.1) is 0 Å². The first-order valence-corrected chi connectivity index (χ1v) is 5.18. The summed E-state index contributed by atoms with van der Waals surface area (Å²) >= 11 is 0. The average molecular weight is 252 g/mol. The molecule has 0 saturated heterocycles. The molecule has 0 spiro atoms. The van der Waals surface area contributed by atoms with Crippen molar-refractivity contribution >= 4 is 5.97 Å². The van der Waals surface area contributed by atoms with E-state index in [1.165, 1.54) is 0 Å². The van der Waals surface area contributed by atoms with Crippen LogP contribution in [-0.4, -0.2) is 28.5 Å². The molecule has 0 saturated carbocycles. The summed E-state index contributed by atoms with van der Waals surface area (Å²) in [5.41, 5.74) is 0.0149. The Morgan fingerprint density at radius 1 is 1.47 bits per heavy atom. The highest BCUT2D eigenvalue weighted by Gasteiger charge is 2.28. The SMILES string of the molecule is CC.CCOC(=O)c1cnn(CC(F)(F)F)c1. The first kappa shape index (κ1) is 15.5. The number of hydrogen-bond donors (Lipinski definition) is 0. The van der Waals surface area contributed by atoms with E-state index in [4.69, 9.17) is 0 Å². The molecular weight excluding hydrogens is 237 g/mol. The molecule has 98 valence electrons. The zero-order chi connectivity index (χ0) is 13.5. The van der Waals surface area contributed by atoms with Gasteiger partial charge >= 0.3 is 12.1 Å². The van der Waals surface area contributed by atoms with Gasteiger partial charge in [0.25, 0.3) is 0 Å². The fourth-order valence-corrected chi connectivity index (χ4v) is 0.954. The summed E-state index contributed by atoms with van der Waals surface area (Å²) in [6, 6.07) is 0. The van der Waals surface area contributed by atoms with Gasteiger partial charge in [-0.2, -0.15) is 18.3 Å². The van der Waals surface area contributed by atoms with E-state index in [9.17, 15) is 18.0 Å². The van der Waals surface area contributed by atoms with Crippen molar-refractivity contribution in [2.75, 3.05) is 6.61 Å². The molecule has 17 heavy (non-hydrogen) atoms. The maximum Gasteiger partial charge on any atom is 0.408 e. The zero-order valence-electron chi connectivity index (χ0n) is 9.91. The Labute approximate surface area is 97.4 Å². The lowest BCUT2D eigenvalue weighted by atomic mass is 10.4. The molecule has 1 heterocycles. The van der Waals surface area contributed by atoms with Crippen molar-refractivity contribution in [1.29, 1.82) is 0 Å². The minimum Gasteiger partial charge on any atom is -0.462 e. The molecule has 0 fully saturated rings. The Balaban J connectivity index is 0.00000121. The molecule has 0 aliphatic heterocycles.